The maximum Gasteiger partial charge on any atom is 0.255 e. The van der Waals surface area contributed by atoms with E-state index in [2.05, 4.69) is 31.5 Å². The number of nitrogens with one attached hydrogen (secondary N) is 2. The first-order valence-corrected chi connectivity index (χ1v) is 16.7. The molecular formula is C34H31BrN4O5S. The summed E-state index contributed by atoms with van der Waals surface area (Å²) in [5.74, 6) is -0.572. The maximum atomic E-state index is 14.0. The summed E-state index contributed by atoms with van der Waals surface area (Å²) in [5, 5.41) is 7.35. The van der Waals surface area contributed by atoms with Gasteiger partial charge in [-0.15, -0.1) is 0 Å². The Kier molecular flexibility index (Phi) is 9.50. The summed E-state index contributed by atoms with van der Waals surface area (Å²) in [7, 11) is -2.57. The number of primary amides is 1. The van der Waals surface area contributed by atoms with Crippen LogP contribution < -0.4 is 21.1 Å². The molecule has 0 radical (unpaired) electrons. The molecular weight excluding hydrogens is 656 g/mol. The van der Waals surface area contributed by atoms with Crippen molar-refractivity contribution in [3.05, 3.63) is 113 Å². The van der Waals surface area contributed by atoms with Gasteiger partial charge in [0, 0.05) is 39.9 Å². The number of pyridine rings is 1. The monoisotopic (exact) mass is 686 g/mol. The van der Waals surface area contributed by atoms with E-state index in [1.165, 1.54) is 36.5 Å². The number of amides is 2. The van der Waals surface area contributed by atoms with E-state index in [9.17, 15) is 18.0 Å². The average Bonchev–Trinajstić information content (AvgIpc) is 3.04. The predicted molar refractivity (Wildman–Crippen MR) is 180 cm³/mol. The van der Waals surface area contributed by atoms with Gasteiger partial charge in [-0.3, -0.25) is 14.6 Å². The lowest BCUT2D eigenvalue weighted by molar-refractivity contribution is 0.0998. The molecule has 0 aliphatic heterocycles. The highest BCUT2D eigenvalue weighted by Crippen LogP contribution is 2.35. The highest BCUT2D eigenvalue weighted by molar-refractivity contribution is 9.09. The summed E-state index contributed by atoms with van der Waals surface area (Å²) in [4.78, 5) is 29.9. The van der Waals surface area contributed by atoms with Crippen LogP contribution in [-0.2, 0) is 16.3 Å². The first-order chi connectivity index (χ1) is 21.6. The predicted octanol–water partition coefficient (Wildman–Crippen LogP) is 6.81. The van der Waals surface area contributed by atoms with Gasteiger partial charge in [0.2, 0.25) is 9.84 Å². The summed E-state index contributed by atoms with van der Waals surface area (Å²) in [5.41, 5.74) is 9.67. The number of ether oxygens (including phenoxy) is 1. The number of anilines is 3. The molecule has 45 heavy (non-hydrogen) atoms. The molecule has 1 heterocycles. The van der Waals surface area contributed by atoms with Crippen LogP contribution in [0.1, 0.15) is 38.3 Å². The molecule has 0 aliphatic rings. The Morgan fingerprint density at radius 3 is 2.44 bits per heavy atom. The zero-order chi connectivity index (χ0) is 32.1. The van der Waals surface area contributed by atoms with Crippen LogP contribution in [0.3, 0.4) is 0 Å². The Morgan fingerprint density at radius 1 is 0.933 bits per heavy atom. The van der Waals surface area contributed by atoms with Crippen molar-refractivity contribution in [1.29, 1.82) is 0 Å². The third-order valence-corrected chi connectivity index (χ3v) is 9.53. The van der Waals surface area contributed by atoms with Gasteiger partial charge in [0.25, 0.3) is 11.8 Å². The van der Waals surface area contributed by atoms with E-state index in [0.29, 0.717) is 39.3 Å². The Morgan fingerprint density at radius 2 is 1.69 bits per heavy atom. The number of carbonyl (C=O) groups is 2. The molecule has 0 unspecified atom stereocenters. The van der Waals surface area contributed by atoms with E-state index in [1.54, 1.807) is 50.4 Å². The number of hydrogen-bond donors (Lipinski definition) is 3. The van der Waals surface area contributed by atoms with Gasteiger partial charge in [-0.2, -0.15) is 0 Å². The SMILES string of the molecule is COc1cccc(Nc2c(C(N)=O)cnc3c(C)cc(S(=O)(=O)c4cccc(C(=O)Nc5cccc(CCCBr)c5)c4)cc23)c1. The zero-order valence-electron chi connectivity index (χ0n) is 24.6. The third-order valence-electron chi connectivity index (χ3n) is 7.24. The Labute approximate surface area is 269 Å². The Bertz CT molecular complexity index is 2030. The van der Waals surface area contributed by atoms with E-state index in [0.717, 1.165) is 23.7 Å². The highest BCUT2D eigenvalue weighted by Gasteiger charge is 2.23. The van der Waals surface area contributed by atoms with E-state index in [1.807, 2.05) is 18.2 Å². The number of benzene rings is 4. The maximum absolute atomic E-state index is 14.0. The van der Waals surface area contributed by atoms with Crippen molar-refractivity contribution in [3.8, 4) is 5.75 Å². The van der Waals surface area contributed by atoms with Gasteiger partial charge in [-0.1, -0.05) is 40.2 Å². The molecule has 0 bridgehead atoms. The van der Waals surface area contributed by atoms with E-state index in [-0.39, 0.29) is 20.9 Å². The largest absolute Gasteiger partial charge is 0.497 e. The summed E-state index contributed by atoms with van der Waals surface area (Å²) >= 11 is 3.43. The van der Waals surface area contributed by atoms with Crippen molar-refractivity contribution in [1.82, 2.24) is 4.98 Å². The number of fused-ring (bicyclic) bond motifs is 1. The fourth-order valence-electron chi connectivity index (χ4n) is 4.99. The molecule has 0 spiro atoms. The second-order valence-corrected chi connectivity index (χ2v) is 13.1. The van der Waals surface area contributed by atoms with Crippen molar-refractivity contribution in [2.24, 2.45) is 5.73 Å². The molecule has 9 nitrogen and oxygen atoms in total. The number of aromatic nitrogens is 1. The van der Waals surface area contributed by atoms with Crippen molar-refractivity contribution >= 4 is 65.5 Å². The lowest BCUT2D eigenvalue weighted by Gasteiger charge is -2.16. The van der Waals surface area contributed by atoms with Crippen molar-refractivity contribution in [2.45, 2.75) is 29.6 Å². The van der Waals surface area contributed by atoms with Gasteiger partial charge in [-0.25, -0.2) is 8.42 Å². The molecule has 5 rings (SSSR count). The standard InChI is InChI=1S/C34H31BrN4O5S/c1-21-15-28(19-29-31(21)37-20-30(33(36)40)32(29)38-25-11-5-12-26(18-25)44-2)45(42,43)27-13-4-9-23(17-27)34(41)39-24-10-3-7-22(16-24)8-6-14-35/h3-5,7,9-13,15-20H,6,8,14H2,1-2H3,(H2,36,40)(H,37,38)(H,39,41). The van der Waals surface area contributed by atoms with Crippen LogP contribution in [0.15, 0.2) is 101 Å². The topological polar surface area (TPSA) is 140 Å². The van der Waals surface area contributed by atoms with Crippen LogP contribution >= 0.6 is 15.9 Å². The van der Waals surface area contributed by atoms with Crippen molar-refractivity contribution < 1.29 is 22.7 Å². The Hall–Kier alpha value is -4.74. The van der Waals surface area contributed by atoms with Crippen LogP contribution in [-0.4, -0.2) is 37.7 Å². The van der Waals surface area contributed by atoms with Crippen molar-refractivity contribution in [2.75, 3.05) is 23.1 Å². The number of halogens is 1. The number of sulfone groups is 1. The average molecular weight is 688 g/mol. The minimum atomic E-state index is -4.11. The fourth-order valence-corrected chi connectivity index (χ4v) is 6.69. The lowest BCUT2D eigenvalue weighted by Crippen LogP contribution is -2.15. The lowest BCUT2D eigenvalue weighted by atomic mass is 10.1. The summed E-state index contributed by atoms with van der Waals surface area (Å²) < 4.78 is 33.3. The first-order valence-electron chi connectivity index (χ1n) is 14.1. The van der Waals surface area contributed by atoms with Gasteiger partial charge in [-0.05, 0) is 85.5 Å². The van der Waals surface area contributed by atoms with Crippen LogP contribution in [0.25, 0.3) is 10.9 Å². The molecule has 5 aromatic rings. The molecule has 0 saturated heterocycles. The number of hydrogen-bond acceptors (Lipinski definition) is 7. The molecule has 230 valence electrons. The van der Waals surface area contributed by atoms with Crippen LogP contribution in [0.5, 0.6) is 5.75 Å². The summed E-state index contributed by atoms with van der Waals surface area (Å²) in [6.07, 6.45) is 3.19. The first kappa shape index (κ1) is 31.7. The quantitative estimate of drug-likeness (QED) is 0.130. The number of methoxy groups -OCH3 is 1. The summed E-state index contributed by atoms with van der Waals surface area (Å²) in [6.45, 7) is 1.74. The smallest absolute Gasteiger partial charge is 0.255 e. The number of rotatable bonds is 11. The molecule has 0 fully saturated rings. The normalized spacial score (nSPS) is 11.3. The number of aryl methyl sites for hydroxylation is 2. The fraction of sp³-hybridized carbons (Fsp3) is 0.147. The number of alkyl halides is 1. The molecule has 0 aliphatic carbocycles. The molecule has 11 heteroatoms. The minimum absolute atomic E-state index is 0.0262. The van der Waals surface area contributed by atoms with E-state index < -0.39 is 21.7 Å². The van der Waals surface area contributed by atoms with Crippen LogP contribution in [0, 0.1) is 6.92 Å². The second kappa shape index (κ2) is 13.5. The van der Waals surface area contributed by atoms with Crippen LogP contribution in [0.2, 0.25) is 0 Å². The van der Waals surface area contributed by atoms with Crippen molar-refractivity contribution in [3.63, 3.8) is 0 Å². The van der Waals surface area contributed by atoms with Gasteiger partial charge >= 0.3 is 0 Å². The van der Waals surface area contributed by atoms with Gasteiger partial charge in [0.15, 0.2) is 0 Å². The molecule has 4 aromatic carbocycles. The number of nitrogens with two attached hydrogens (primary N) is 1. The second-order valence-electron chi connectivity index (χ2n) is 10.4. The number of carbonyl (C=O) groups excluding carboxylic acids is 2. The molecule has 4 N–H and O–H groups in total. The minimum Gasteiger partial charge on any atom is -0.497 e. The third kappa shape index (κ3) is 7.00. The molecule has 0 atom stereocenters. The van der Waals surface area contributed by atoms with E-state index >= 15 is 0 Å². The number of nitrogens with zero attached hydrogens (tertiary/aromatic N) is 1. The van der Waals surface area contributed by atoms with Gasteiger partial charge in [0.05, 0.1) is 33.7 Å². The molecule has 0 saturated carbocycles. The summed E-state index contributed by atoms with van der Waals surface area (Å²) in [6, 6.07) is 23.5. The van der Waals surface area contributed by atoms with E-state index in [4.69, 9.17) is 10.5 Å². The zero-order valence-corrected chi connectivity index (χ0v) is 27.0. The Balaban J connectivity index is 1.53. The molecule has 2 amide bonds. The van der Waals surface area contributed by atoms with Gasteiger partial charge in [0.1, 0.15) is 5.75 Å². The molecule has 1 aromatic heterocycles. The van der Waals surface area contributed by atoms with Gasteiger partial charge < -0.3 is 21.1 Å². The van der Waals surface area contributed by atoms with Crippen LogP contribution in [0.4, 0.5) is 17.1 Å². The highest BCUT2D eigenvalue weighted by atomic mass is 79.9.